The molecule has 0 spiro atoms. The van der Waals surface area contributed by atoms with E-state index in [1.54, 1.807) is 6.08 Å². The number of rotatable bonds is 5. The van der Waals surface area contributed by atoms with Gasteiger partial charge in [-0.15, -0.1) is 0 Å². The molecule has 0 saturated heterocycles. The molecule has 4 rings (SSSR count). The van der Waals surface area contributed by atoms with Gasteiger partial charge in [-0.05, 0) is 60.4 Å². The van der Waals surface area contributed by atoms with Gasteiger partial charge in [0.2, 0.25) is 0 Å². The first-order valence-corrected chi connectivity index (χ1v) is 9.05. The van der Waals surface area contributed by atoms with E-state index >= 15 is 0 Å². The molecule has 0 heterocycles. The average molecular weight is 348 g/mol. The molecule has 0 radical (unpaired) electrons. The first kappa shape index (κ1) is 18.0. The Balaban J connectivity index is 0.000000229. The van der Waals surface area contributed by atoms with Crippen molar-refractivity contribution < 1.29 is 14.6 Å². The van der Waals surface area contributed by atoms with Gasteiger partial charge < -0.3 is 9.84 Å². The van der Waals surface area contributed by atoms with Crippen molar-refractivity contribution >= 4 is 12.0 Å². The number of ether oxygens (including phenoxy) is 1. The van der Waals surface area contributed by atoms with Crippen molar-refractivity contribution in [2.45, 2.75) is 25.9 Å². The first-order chi connectivity index (χ1) is 12.7. The number of benzene rings is 2. The van der Waals surface area contributed by atoms with Crippen molar-refractivity contribution in [2.24, 2.45) is 11.8 Å². The van der Waals surface area contributed by atoms with E-state index in [-0.39, 0.29) is 0 Å². The maximum absolute atomic E-state index is 10.4. The summed E-state index contributed by atoms with van der Waals surface area (Å²) in [5, 5.41) is 8.53. The van der Waals surface area contributed by atoms with Crippen molar-refractivity contribution in [2.75, 3.05) is 0 Å². The molecule has 0 aromatic heterocycles. The molecule has 2 aromatic carbocycles. The number of aliphatic carboxylic acids is 1. The van der Waals surface area contributed by atoms with E-state index in [1.807, 2.05) is 54.6 Å². The summed E-state index contributed by atoms with van der Waals surface area (Å²) in [7, 11) is 0. The summed E-state index contributed by atoms with van der Waals surface area (Å²) in [6.07, 6.45) is 11.8. The second-order valence-electron chi connectivity index (χ2n) is 6.73. The molecule has 1 fully saturated rings. The molecule has 134 valence electrons. The number of allylic oxidation sites excluding steroid dienone is 2. The summed E-state index contributed by atoms with van der Waals surface area (Å²) in [6, 6.07) is 17.2. The molecule has 3 nitrogen and oxygen atoms in total. The number of hydrogen-bond donors (Lipinski definition) is 1. The van der Waals surface area contributed by atoms with Gasteiger partial charge >= 0.3 is 5.97 Å². The predicted octanol–water partition coefficient (Wildman–Crippen LogP) is 5.34. The van der Waals surface area contributed by atoms with Crippen LogP contribution in [0.3, 0.4) is 0 Å². The smallest absolute Gasteiger partial charge is 0.328 e. The molecule has 2 unspecified atom stereocenters. The fourth-order valence-electron chi connectivity index (χ4n) is 3.30. The van der Waals surface area contributed by atoms with Crippen LogP contribution in [-0.4, -0.2) is 11.1 Å². The zero-order valence-electron chi connectivity index (χ0n) is 14.8. The van der Waals surface area contributed by atoms with E-state index in [1.165, 1.54) is 19.3 Å². The Hall–Kier alpha value is -2.81. The molecule has 0 amide bonds. The molecule has 0 aliphatic heterocycles. The summed E-state index contributed by atoms with van der Waals surface area (Å²) in [5.74, 6) is 1.79. The van der Waals surface area contributed by atoms with E-state index in [9.17, 15) is 4.79 Å². The summed E-state index contributed by atoms with van der Waals surface area (Å²) >= 11 is 0. The lowest BCUT2D eigenvalue weighted by Crippen LogP contribution is -1.94. The quantitative estimate of drug-likeness (QED) is 0.586. The highest BCUT2D eigenvalue weighted by Gasteiger charge is 2.25. The van der Waals surface area contributed by atoms with Gasteiger partial charge in [-0.3, -0.25) is 0 Å². The van der Waals surface area contributed by atoms with Crippen LogP contribution in [0.4, 0.5) is 0 Å². The fourth-order valence-corrected chi connectivity index (χ4v) is 3.30. The normalized spacial score (nSPS) is 20.0. The molecule has 26 heavy (non-hydrogen) atoms. The lowest BCUT2D eigenvalue weighted by Gasteiger charge is -2.06. The van der Waals surface area contributed by atoms with Gasteiger partial charge in [0.25, 0.3) is 0 Å². The van der Waals surface area contributed by atoms with Crippen LogP contribution in [0, 0.1) is 11.8 Å². The molecule has 1 N–H and O–H groups in total. The molecular weight excluding hydrogens is 324 g/mol. The van der Waals surface area contributed by atoms with E-state index < -0.39 is 5.97 Å². The van der Waals surface area contributed by atoms with Crippen molar-refractivity contribution in [3.05, 3.63) is 84.0 Å². The number of hydrogen-bond acceptors (Lipinski definition) is 2. The van der Waals surface area contributed by atoms with Crippen molar-refractivity contribution in [1.82, 2.24) is 0 Å². The zero-order chi connectivity index (χ0) is 18.2. The van der Waals surface area contributed by atoms with Crippen LogP contribution >= 0.6 is 0 Å². The lowest BCUT2D eigenvalue weighted by molar-refractivity contribution is -0.131. The van der Waals surface area contributed by atoms with Crippen LogP contribution in [0.5, 0.6) is 5.75 Å². The van der Waals surface area contributed by atoms with Gasteiger partial charge in [0, 0.05) is 6.08 Å². The molecule has 1 saturated carbocycles. The van der Waals surface area contributed by atoms with Crippen LogP contribution in [0.1, 0.15) is 30.4 Å². The molecule has 2 atom stereocenters. The van der Waals surface area contributed by atoms with Crippen LogP contribution in [0.2, 0.25) is 0 Å². The number of fused-ring (bicyclic) bond motifs is 2. The van der Waals surface area contributed by atoms with E-state index in [0.717, 1.165) is 34.8 Å². The first-order valence-electron chi connectivity index (χ1n) is 9.05. The van der Waals surface area contributed by atoms with Gasteiger partial charge in [-0.1, -0.05) is 54.6 Å². The van der Waals surface area contributed by atoms with Crippen LogP contribution in [0.15, 0.2) is 72.8 Å². The largest absolute Gasteiger partial charge is 0.489 e. The fraction of sp³-hybridized carbons (Fsp3) is 0.261. The van der Waals surface area contributed by atoms with E-state index in [0.29, 0.717) is 6.61 Å². The van der Waals surface area contributed by atoms with Gasteiger partial charge in [-0.25, -0.2) is 4.79 Å². The summed E-state index contributed by atoms with van der Waals surface area (Å²) in [4.78, 5) is 10.4. The SMILES string of the molecule is C1=CC2CCC1C2.O=C(O)C=Cc1ccc(OCc2ccccc2)cc1. The highest BCUT2D eigenvalue weighted by atomic mass is 16.5. The second-order valence-corrected chi connectivity index (χ2v) is 6.73. The Morgan fingerprint density at radius 3 is 2.15 bits per heavy atom. The number of carbonyl (C=O) groups is 1. The van der Waals surface area contributed by atoms with Crippen LogP contribution in [0.25, 0.3) is 6.08 Å². The molecule has 2 aromatic rings. The Morgan fingerprint density at radius 1 is 1.00 bits per heavy atom. The predicted molar refractivity (Wildman–Crippen MR) is 104 cm³/mol. The Kier molecular flexibility index (Phi) is 6.26. The summed E-state index contributed by atoms with van der Waals surface area (Å²) in [6.45, 7) is 0.519. The highest BCUT2D eigenvalue weighted by Crippen LogP contribution is 2.38. The second kappa shape index (κ2) is 9.04. The van der Waals surface area contributed by atoms with Gasteiger partial charge in [-0.2, -0.15) is 0 Å². The Bertz CT molecular complexity index is 748. The van der Waals surface area contributed by atoms with Gasteiger partial charge in [0.1, 0.15) is 12.4 Å². The minimum Gasteiger partial charge on any atom is -0.489 e. The van der Waals surface area contributed by atoms with Crippen LogP contribution in [-0.2, 0) is 11.4 Å². The van der Waals surface area contributed by atoms with Crippen molar-refractivity contribution in [1.29, 1.82) is 0 Å². The average Bonchev–Trinajstić information content (AvgIpc) is 3.33. The number of carboxylic acids is 1. The molecular formula is C23H24O3. The maximum Gasteiger partial charge on any atom is 0.328 e. The van der Waals surface area contributed by atoms with Crippen LogP contribution < -0.4 is 4.74 Å². The monoisotopic (exact) mass is 348 g/mol. The topological polar surface area (TPSA) is 46.5 Å². The zero-order valence-corrected chi connectivity index (χ0v) is 14.8. The minimum atomic E-state index is -0.954. The Morgan fingerprint density at radius 2 is 1.65 bits per heavy atom. The minimum absolute atomic E-state index is 0.519. The van der Waals surface area contributed by atoms with Crippen molar-refractivity contribution in [3.8, 4) is 5.75 Å². The number of carboxylic acid groups (broad SMARTS) is 1. The third-order valence-corrected chi connectivity index (χ3v) is 4.72. The van der Waals surface area contributed by atoms with Gasteiger partial charge in [0.05, 0.1) is 0 Å². The third-order valence-electron chi connectivity index (χ3n) is 4.72. The summed E-state index contributed by atoms with van der Waals surface area (Å²) < 4.78 is 5.63. The lowest BCUT2D eigenvalue weighted by atomic mass is 10.1. The molecule has 3 heteroatoms. The van der Waals surface area contributed by atoms with Crippen molar-refractivity contribution in [3.63, 3.8) is 0 Å². The van der Waals surface area contributed by atoms with E-state index in [4.69, 9.17) is 9.84 Å². The molecule has 2 aliphatic rings. The highest BCUT2D eigenvalue weighted by molar-refractivity contribution is 5.85. The standard InChI is InChI=1S/C16H14O3.C7H10/c17-16(18)11-8-13-6-9-15(10-7-13)19-12-14-4-2-1-3-5-14;1-2-7-4-3-6(1)5-7/h1-11H,12H2,(H,17,18);1-2,6-7H,3-5H2. The molecule has 2 bridgehead atoms. The maximum atomic E-state index is 10.4. The van der Waals surface area contributed by atoms with Gasteiger partial charge in [0.15, 0.2) is 0 Å². The van der Waals surface area contributed by atoms with E-state index in [2.05, 4.69) is 12.2 Å². The third kappa shape index (κ3) is 5.62. The Labute approximate surface area is 154 Å². The molecule has 2 aliphatic carbocycles. The summed E-state index contributed by atoms with van der Waals surface area (Å²) in [5.41, 5.74) is 1.94.